The monoisotopic (exact) mass is 352 g/mol. The number of anilines is 1. The largest absolute Gasteiger partial charge is 0.387 e. The van der Waals surface area contributed by atoms with Crippen LogP contribution >= 0.6 is 11.3 Å². The number of hydrogen-bond acceptors (Lipinski definition) is 4. The van der Waals surface area contributed by atoms with Crippen LogP contribution in [-0.2, 0) is 0 Å². The van der Waals surface area contributed by atoms with Crippen molar-refractivity contribution in [2.75, 3.05) is 11.9 Å². The van der Waals surface area contributed by atoms with Crippen molar-refractivity contribution in [3.63, 3.8) is 0 Å². The van der Waals surface area contributed by atoms with Gasteiger partial charge >= 0.3 is 6.03 Å². The Kier molecular flexibility index (Phi) is 4.09. The molecule has 2 amide bonds. The van der Waals surface area contributed by atoms with Crippen LogP contribution in [0.15, 0.2) is 60.2 Å². The summed E-state index contributed by atoms with van der Waals surface area (Å²) in [6, 6.07) is 13.1. The molecule has 0 fully saturated rings. The highest BCUT2D eigenvalue weighted by Gasteiger charge is 2.14. The van der Waals surface area contributed by atoms with Gasteiger partial charge in [0.05, 0.1) is 12.3 Å². The van der Waals surface area contributed by atoms with Crippen LogP contribution in [0.5, 0.6) is 0 Å². The minimum Gasteiger partial charge on any atom is -0.387 e. The summed E-state index contributed by atoms with van der Waals surface area (Å²) in [4.78, 5) is 16.3. The number of carbonyl (C=O) groups is 1. The number of urea groups is 1. The summed E-state index contributed by atoms with van der Waals surface area (Å²) < 4.78 is 2.90. The van der Waals surface area contributed by atoms with Crippen LogP contribution in [0.1, 0.15) is 11.7 Å². The zero-order valence-electron chi connectivity index (χ0n) is 13.2. The summed E-state index contributed by atoms with van der Waals surface area (Å²) in [7, 11) is 0. The van der Waals surface area contributed by atoms with Crippen LogP contribution in [0.2, 0.25) is 0 Å². The third kappa shape index (κ3) is 3.07. The van der Waals surface area contributed by atoms with E-state index >= 15 is 0 Å². The predicted molar refractivity (Wildman–Crippen MR) is 99.0 cm³/mol. The van der Waals surface area contributed by atoms with E-state index in [9.17, 15) is 9.90 Å². The Labute approximate surface area is 147 Å². The Balaban J connectivity index is 1.41. The van der Waals surface area contributed by atoms with Gasteiger partial charge in [-0.2, -0.15) is 0 Å². The number of amides is 2. The van der Waals surface area contributed by atoms with E-state index in [2.05, 4.69) is 15.6 Å². The molecule has 126 valence electrons. The molecule has 0 bridgehead atoms. The van der Waals surface area contributed by atoms with E-state index in [4.69, 9.17) is 0 Å². The molecule has 25 heavy (non-hydrogen) atoms. The van der Waals surface area contributed by atoms with Crippen LogP contribution in [0.3, 0.4) is 0 Å². The third-order valence-corrected chi connectivity index (χ3v) is 4.97. The highest BCUT2D eigenvalue weighted by atomic mass is 32.1. The Hall–Kier alpha value is -2.90. The van der Waals surface area contributed by atoms with E-state index in [1.54, 1.807) is 21.9 Å². The molecule has 0 saturated carbocycles. The van der Waals surface area contributed by atoms with Gasteiger partial charge in [0.1, 0.15) is 11.5 Å². The number of nitrogens with one attached hydrogen (secondary N) is 2. The number of rotatable bonds is 4. The average Bonchev–Trinajstić information content (AvgIpc) is 3.24. The molecule has 0 saturated heterocycles. The van der Waals surface area contributed by atoms with Gasteiger partial charge in [0.2, 0.25) is 0 Å². The number of hydrogen-bond donors (Lipinski definition) is 3. The lowest BCUT2D eigenvalue weighted by atomic mass is 10.1. The summed E-state index contributed by atoms with van der Waals surface area (Å²) in [5, 5.41) is 18.8. The van der Waals surface area contributed by atoms with E-state index in [1.807, 2.05) is 54.0 Å². The number of pyridine rings is 1. The number of thiophene rings is 1. The number of fused-ring (bicyclic) bond motifs is 2. The van der Waals surface area contributed by atoms with Crippen molar-refractivity contribution in [2.24, 2.45) is 0 Å². The Bertz CT molecular complexity index is 1040. The molecule has 7 heteroatoms. The smallest absolute Gasteiger partial charge is 0.320 e. The van der Waals surface area contributed by atoms with Gasteiger partial charge in [-0.15, -0.1) is 11.3 Å². The molecule has 3 aromatic heterocycles. The molecule has 0 radical (unpaired) electrons. The van der Waals surface area contributed by atoms with Gasteiger partial charge in [0.25, 0.3) is 0 Å². The minimum absolute atomic E-state index is 0.128. The van der Waals surface area contributed by atoms with Gasteiger partial charge < -0.3 is 10.4 Å². The van der Waals surface area contributed by atoms with Gasteiger partial charge in [-0.1, -0.05) is 24.3 Å². The van der Waals surface area contributed by atoms with Crippen molar-refractivity contribution in [3.8, 4) is 0 Å². The Morgan fingerprint density at radius 2 is 2.08 bits per heavy atom. The summed E-state index contributed by atoms with van der Waals surface area (Å²) in [6.45, 7) is 0.128. The van der Waals surface area contributed by atoms with E-state index in [-0.39, 0.29) is 12.6 Å². The molecule has 4 rings (SSSR count). The molecular formula is C18H16N4O2S. The molecule has 1 atom stereocenters. The fourth-order valence-corrected chi connectivity index (χ4v) is 3.75. The van der Waals surface area contributed by atoms with E-state index in [1.165, 1.54) is 0 Å². The molecule has 1 unspecified atom stereocenters. The zero-order chi connectivity index (χ0) is 17.2. The molecule has 6 nitrogen and oxygen atoms in total. The molecule has 1 aromatic carbocycles. The van der Waals surface area contributed by atoms with Crippen molar-refractivity contribution in [1.29, 1.82) is 0 Å². The summed E-state index contributed by atoms with van der Waals surface area (Å²) in [6.07, 6.45) is 2.66. The van der Waals surface area contributed by atoms with Crippen molar-refractivity contribution in [2.45, 2.75) is 6.10 Å². The van der Waals surface area contributed by atoms with Crippen molar-refractivity contribution in [1.82, 2.24) is 14.7 Å². The highest BCUT2D eigenvalue weighted by molar-refractivity contribution is 7.17. The lowest BCUT2D eigenvalue weighted by Crippen LogP contribution is -2.32. The molecule has 0 spiro atoms. The molecule has 4 aromatic rings. The zero-order valence-corrected chi connectivity index (χ0v) is 14.0. The second kappa shape index (κ2) is 6.54. The third-order valence-electron chi connectivity index (χ3n) is 3.98. The lowest BCUT2D eigenvalue weighted by Gasteiger charge is -2.12. The normalized spacial score (nSPS) is 12.4. The molecule has 0 aliphatic heterocycles. The van der Waals surface area contributed by atoms with E-state index in [0.717, 1.165) is 21.3 Å². The molecule has 0 aliphatic carbocycles. The first kappa shape index (κ1) is 15.6. The summed E-state index contributed by atoms with van der Waals surface area (Å²) in [5.41, 5.74) is 1.58. The van der Waals surface area contributed by atoms with Crippen LogP contribution in [0.25, 0.3) is 15.7 Å². The molecule has 3 N–H and O–H groups in total. The first-order valence-electron chi connectivity index (χ1n) is 7.83. The number of imidazole rings is 1. The minimum atomic E-state index is -0.760. The number of benzene rings is 1. The maximum absolute atomic E-state index is 12.1. The van der Waals surface area contributed by atoms with E-state index < -0.39 is 6.10 Å². The van der Waals surface area contributed by atoms with Crippen LogP contribution in [0.4, 0.5) is 10.6 Å². The first-order valence-corrected chi connectivity index (χ1v) is 8.71. The second-order valence-corrected chi connectivity index (χ2v) is 6.52. The number of aliphatic hydroxyl groups excluding tert-OH is 1. The predicted octanol–water partition coefficient (Wildman–Crippen LogP) is 3.40. The molecule has 0 aliphatic rings. The van der Waals surface area contributed by atoms with Gasteiger partial charge in [-0.3, -0.25) is 9.72 Å². The second-order valence-electron chi connectivity index (χ2n) is 5.61. The molecule has 3 heterocycles. The van der Waals surface area contributed by atoms with Gasteiger partial charge in [0.15, 0.2) is 0 Å². The van der Waals surface area contributed by atoms with Gasteiger partial charge in [0, 0.05) is 23.0 Å². The van der Waals surface area contributed by atoms with Crippen molar-refractivity contribution < 1.29 is 9.90 Å². The first-order chi connectivity index (χ1) is 12.2. The van der Waals surface area contributed by atoms with E-state index in [0.29, 0.717) is 5.82 Å². The number of carbonyl (C=O) groups excluding carboxylic acids is 1. The lowest BCUT2D eigenvalue weighted by molar-refractivity contribution is 0.177. The number of nitrogens with zero attached hydrogens (tertiary/aromatic N) is 2. The highest BCUT2D eigenvalue weighted by Crippen LogP contribution is 2.29. The SMILES string of the molecule is O=C(NCC(O)c1csc2ccccc12)Nc1cnc2ccccn12. The van der Waals surface area contributed by atoms with Crippen molar-refractivity contribution >= 4 is 38.9 Å². The summed E-state index contributed by atoms with van der Waals surface area (Å²) in [5.74, 6) is 0.573. The van der Waals surface area contributed by atoms with Crippen LogP contribution in [0, 0.1) is 0 Å². The summed E-state index contributed by atoms with van der Waals surface area (Å²) >= 11 is 1.58. The van der Waals surface area contributed by atoms with Crippen LogP contribution < -0.4 is 10.6 Å². The Morgan fingerprint density at radius 1 is 1.24 bits per heavy atom. The standard InChI is InChI=1S/C18H16N4O2S/c23-14(13-11-25-15-6-2-1-5-12(13)15)9-20-18(24)21-17-10-19-16-7-3-4-8-22(16)17/h1-8,10-11,14,23H,9H2,(H2,20,21,24). The fourth-order valence-electron chi connectivity index (χ4n) is 2.74. The molecular weight excluding hydrogens is 336 g/mol. The number of aromatic nitrogens is 2. The average molecular weight is 352 g/mol. The number of aliphatic hydroxyl groups is 1. The van der Waals surface area contributed by atoms with Gasteiger partial charge in [-0.05, 0) is 29.0 Å². The maximum Gasteiger partial charge on any atom is 0.320 e. The maximum atomic E-state index is 12.1. The fraction of sp³-hybridized carbons (Fsp3) is 0.111. The topological polar surface area (TPSA) is 78.7 Å². The van der Waals surface area contributed by atoms with Crippen LogP contribution in [-0.4, -0.2) is 27.1 Å². The van der Waals surface area contributed by atoms with Crippen molar-refractivity contribution in [3.05, 3.63) is 65.8 Å². The quantitative estimate of drug-likeness (QED) is 0.527. The Morgan fingerprint density at radius 3 is 3.00 bits per heavy atom. The van der Waals surface area contributed by atoms with Gasteiger partial charge in [-0.25, -0.2) is 9.78 Å².